The Bertz CT molecular complexity index is 603. The lowest BCUT2D eigenvalue weighted by atomic mass is 9.90. The smallest absolute Gasteiger partial charge is 0.239 e. The van der Waals surface area contributed by atoms with Crippen LogP contribution >= 0.6 is 0 Å². The minimum Gasteiger partial charge on any atom is -0.495 e. The van der Waals surface area contributed by atoms with Gasteiger partial charge in [-0.2, -0.15) is 0 Å². The molecule has 1 aliphatic rings. The molecule has 1 aromatic carbocycles. The third-order valence-corrected chi connectivity index (χ3v) is 4.60. The highest BCUT2D eigenvalue weighted by molar-refractivity contribution is 6.10. The molecule has 5 nitrogen and oxygen atoms in total. The van der Waals surface area contributed by atoms with E-state index in [4.69, 9.17) is 4.74 Å². The van der Waals surface area contributed by atoms with Crippen molar-refractivity contribution in [3.8, 4) is 5.75 Å². The van der Waals surface area contributed by atoms with Crippen LogP contribution in [-0.4, -0.2) is 36.9 Å². The van der Waals surface area contributed by atoms with Crippen LogP contribution in [0, 0.1) is 12.3 Å². The first-order valence-electron chi connectivity index (χ1n) is 8.61. The third kappa shape index (κ3) is 4.08. The summed E-state index contributed by atoms with van der Waals surface area (Å²) >= 11 is 0. The molecule has 1 fully saturated rings. The van der Waals surface area contributed by atoms with Gasteiger partial charge in [-0.15, -0.1) is 0 Å². The molecule has 0 unspecified atom stereocenters. The minimum atomic E-state index is -1.11. The van der Waals surface area contributed by atoms with Gasteiger partial charge >= 0.3 is 0 Å². The van der Waals surface area contributed by atoms with Crippen molar-refractivity contribution in [3.05, 3.63) is 23.8 Å². The zero-order valence-electron chi connectivity index (χ0n) is 15.1. The summed E-state index contributed by atoms with van der Waals surface area (Å²) in [7, 11) is 1.56. The molecule has 0 radical (unpaired) electrons. The van der Waals surface area contributed by atoms with Crippen LogP contribution in [0.25, 0.3) is 0 Å². The lowest BCUT2D eigenvalue weighted by Crippen LogP contribution is -2.47. The maximum absolute atomic E-state index is 12.9. The number of methoxy groups -OCH3 is 1. The molecule has 0 atom stereocenters. The molecular formula is C19H28N2O3. The second-order valence-corrected chi connectivity index (χ2v) is 6.99. The molecule has 0 bridgehead atoms. The predicted octanol–water partition coefficient (Wildman–Crippen LogP) is 3.37. The van der Waals surface area contributed by atoms with E-state index in [1.165, 1.54) is 0 Å². The third-order valence-electron chi connectivity index (χ3n) is 4.60. The van der Waals surface area contributed by atoms with Gasteiger partial charge in [0.1, 0.15) is 11.2 Å². The van der Waals surface area contributed by atoms with Gasteiger partial charge in [-0.3, -0.25) is 9.59 Å². The number of likely N-dealkylation sites (tertiary alicyclic amines) is 1. The van der Waals surface area contributed by atoms with Crippen molar-refractivity contribution in [2.45, 2.75) is 46.5 Å². The molecule has 24 heavy (non-hydrogen) atoms. The number of nitrogens with one attached hydrogen (secondary N) is 1. The number of hydrogen-bond acceptors (Lipinski definition) is 3. The standard InChI is InChI=1S/C19H28N2O3/c1-14-9-10-16(24-4)15(13-14)20-17(22)19(2,3)18(23)21-11-7-5-6-8-12-21/h9-10,13H,5-8,11-12H2,1-4H3,(H,20,22). The molecule has 1 heterocycles. The molecule has 5 heteroatoms. The second-order valence-electron chi connectivity index (χ2n) is 6.99. The normalized spacial score (nSPS) is 15.6. The molecule has 2 amide bonds. The Morgan fingerprint density at radius 3 is 2.33 bits per heavy atom. The number of anilines is 1. The van der Waals surface area contributed by atoms with Gasteiger partial charge in [0, 0.05) is 13.1 Å². The van der Waals surface area contributed by atoms with Crippen molar-refractivity contribution in [1.82, 2.24) is 4.90 Å². The lowest BCUT2D eigenvalue weighted by Gasteiger charge is -2.30. The maximum Gasteiger partial charge on any atom is 0.239 e. The number of nitrogens with zero attached hydrogens (tertiary/aromatic N) is 1. The van der Waals surface area contributed by atoms with E-state index in [2.05, 4.69) is 5.32 Å². The fourth-order valence-electron chi connectivity index (χ4n) is 2.96. The van der Waals surface area contributed by atoms with Crippen molar-refractivity contribution >= 4 is 17.5 Å². The highest BCUT2D eigenvalue weighted by Gasteiger charge is 2.39. The first kappa shape index (κ1) is 18.3. The number of amides is 2. The van der Waals surface area contributed by atoms with Gasteiger partial charge in [0.05, 0.1) is 12.8 Å². The summed E-state index contributed by atoms with van der Waals surface area (Å²) in [5.74, 6) is 0.182. The van der Waals surface area contributed by atoms with E-state index in [9.17, 15) is 9.59 Å². The van der Waals surface area contributed by atoms with Crippen LogP contribution in [0.4, 0.5) is 5.69 Å². The number of aryl methyl sites for hydroxylation is 1. The van der Waals surface area contributed by atoms with Crippen LogP contribution in [0.15, 0.2) is 18.2 Å². The Hall–Kier alpha value is -2.04. The summed E-state index contributed by atoms with van der Waals surface area (Å²) in [6.07, 6.45) is 4.32. The predicted molar refractivity (Wildman–Crippen MR) is 95.2 cm³/mol. The summed E-state index contributed by atoms with van der Waals surface area (Å²) in [5.41, 5.74) is 0.501. The summed E-state index contributed by atoms with van der Waals surface area (Å²) in [4.78, 5) is 27.5. The number of ether oxygens (including phenoxy) is 1. The van der Waals surface area contributed by atoms with E-state index in [-0.39, 0.29) is 11.8 Å². The molecule has 2 rings (SSSR count). The molecule has 0 saturated carbocycles. The maximum atomic E-state index is 12.9. The van der Waals surface area contributed by atoms with E-state index in [1.807, 2.05) is 30.0 Å². The number of carbonyl (C=O) groups excluding carboxylic acids is 2. The number of benzene rings is 1. The summed E-state index contributed by atoms with van der Waals surface area (Å²) in [5, 5.41) is 2.87. The molecular weight excluding hydrogens is 304 g/mol. The van der Waals surface area contributed by atoms with Crippen molar-refractivity contribution in [1.29, 1.82) is 0 Å². The highest BCUT2D eigenvalue weighted by atomic mass is 16.5. The average molecular weight is 332 g/mol. The van der Waals surface area contributed by atoms with Crippen molar-refractivity contribution in [2.75, 3.05) is 25.5 Å². The fraction of sp³-hybridized carbons (Fsp3) is 0.579. The van der Waals surface area contributed by atoms with Crippen molar-refractivity contribution in [2.24, 2.45) is 5.41 Å². The fourth-order valence-corrected chi connectivity index (χ4v) is 2.96. The van der Waals surface area contributed by atoms with E-state index in [1.54, 1.807) is 21.0 Å². The lowest BCUT2D eigenvalue weighted by molar-refractivity contribution is -0.146. The largest absolute Gasteiger partial charge is 0.495 e. The van der Waals surface area contributed by atoms with Crippen LogP contribution in [-0.2, 0) is 9.59 Å². The molecule has 1 aromatic rings. The van der Waals surface area contributed by atoms with Gasteiger partial charge in [-0.25, -0.2) is 0 Å². The first-order chi connectivity index (χ1) is 11.4. The topological polar surface area (TPSA) is 58.6 Å². The van der Waals surface area contributed by atoms with E-state index < -0.39 is 5.41 Å². The molecule has 132 valence electrons. The van der Waals surface area contributed by atoms with Crippen LogP contribution < -0.4 is 10.1 Å². The summed E-state index contributed by atoms with van der Waals surface area (Å²) < 4.78 is 5.30. The number of hydrogen-bond donors (Lipinski definition) is 1. The van der Waals surface area contributed by atoms with Gasteiger partial charge in [0.15, 0.2) is 0 Å². The zero-order valence-corrected chi connectivity index (χ0v) is 15.1. The Morgan fingerprint density at radius 1 is 1.12 bits per heavy atom. The average Bonchev–Trinajstić information content (AvgIpc) is 2.83. The molecule has 1 aliphatic heterocycles. The van der Waals surface area contributed by atoms with Crippen molar-refractivity contribution in [3.63, 3.8) is 0 Å². The van der Waals surface area contributed by atoms with E-state index in [0.717, 1.165) is 44.3 Å². The van der Waals surface area contributed by atoms with Crippen molar-refractivity contribution < 1.29 is 14.3 Å². The van der Waals surface area contributed by atoms with Gasteiger partial charge in [-0.1, -0.05) is 18.9 Å². The van der Waals surface area contributed by atoms with Gasteiger partial charge in [0.2, 0.25) is 11.8 Å². The molecule has 0 spiro atoms. The molecule has 1 saturated heterocycles. The molecule has 0 aliphatic carbocycles. The zero-order chi connectivity index (χ0) is 17.7. The Kier molecular flexibility index (Phi) is 5.86. The van der Waals surface area contributed by atoms with Gasteiger partial charge in [-0.05, 0) is 51.3 Å². The van der Waals surface area contributed by atoms with Crippen LogP contribution in [0.1, 0.15) is 45.1 Å². The Balaban J connectivity index is 2.14. The van der Waals surface area contributed by atoms with E-state index in [0.29, 0.717) is 11.4 Å². The van der Waals surface area contributed by atoms with E-state index >= 15 is 0 Å². The highest BCUT2D eigenvalue weighted by Crippen LogP contribution is 2.29. The van der Waals surface area contributed by atoms with Crippen LogP contribution in [0.2, 0.25) is 0 Å². The first-order valence-corrected chi connectivity index (χ1v) is 8.61. The van der Waals surface area contributed by atoms with Gasteiger partial charge < -0.3 is 15.0 Å². The number of carbonyl (C=O) groups is 2. The molecule has 1 N–H and O–H groups in total. The summed E-state index contributed by atoms with van der Waals surface area (Å²) in [6, 6.07) is 5.58. The van der Waals surface area contributed by atoms with Crippen LogP contribution in [0.3, 0.4) is 0 Å². The van der Waals surface area contributed by atoms with Gasteiger partial charge in [0.25, 0.3) is 0 Å². The number of rotatable bonds is 4. The monoisotopic (exact) mass is 332 g/mol. The Morgan fingerprint density at radius 2 is 1.75 bits per heavy atom. The second kappa shape index (κ2) is 7.69. The van der Waals surface area contributed by atoms with Crippen LogP contribution in [0.5, 0.6) is 5.75 Å². The Labute approximate surface area is 144 Å². The molecule has 0 aromatic heterocycles. The quantitative estimate of drug-likeness (QED) is 0.860. The summed E-state index contributed by atoms with van der Waals surface area (Å²) in [6.45, 7) is 6.81. The minimum absolute atomic E-state index is 0.103. The SMILES string of the molecule is COc1ccc(C)cc1NC(=O)C(C)(C)C(=O)N1CCCCCC1.